The zero-order chi connectivity index (χ0) is 12.3. The van der Waals surface area contributed by atoms with Gasteiger partial charge in [0.25, 0.3) is 0 Å². The third-order valence-electron chi connectivity index (χ3n) is 3.51. The first kappa shape index (κ1) is 13.5. The van der Waals surface area contributed by atoms with Gasteiger partial charge in [0.2, 0.25) is 5.91 Å². The van der Waals surface area contributed by atoms with E-state index in [1.807, 2.05) is 20.8 Å². The highest BCUT2D eigenvalue weighted by atomic mass is 16.5. The molecule has 3 atom stereocenters. The summed E-state index contributed by atoms with van der Waals surface area (Å²) in [6.07, 6.45) is 0.585. The molecule has 0 aliphatic carbocycles. The number of rotatable bonds is 4. The maximum Gasteiger partial charge on any atom is 0.249 e. The number of carbonyl (C=O) groups excluding carboxylic acids is 1. The molecule has 2 N–H and O–H groups in total. The van der Waals surface area contributed by atoms with E-state index in [2.05, 4.69) is 5.32 Å². The predicted molar refractivity (Wildman–Crippen MR) is 62.0 cm³/mol. The Morgan fingerprint density at radius 3 is 2.69 bits per heavy atom. The first-order valence-electron chi connectivity index (χ1n) is 5.96. The van der Waals surface area contributed by atoms with Crippen molar-refractivity contribution >= 4 is 5.91 Å². The summed E-state index contributed by atoms with van der Waals surface area (Å²) in [7, 11) is 0. The Hall–Kier alpha value is -0.610. The van der Waals surface area contributed by atoms with Crippen LogP contribution in [0, 0.1) is 11.8 Å². The molecule has 0 aromatic carbocycles. The van der Waals surface area contributed by atoms with E-state index in [9.17, 15) is 9.90 Å². The van der Waals surface area contributed by atoms with Gasteiger partial charge < -0.3 is 15.2 Å². The lowest BCUT2D eigenvalue weighted by atomic mass is 9.92. The fourth-order valence-corrected chi connectivity index (χ4v) is 1.60. The van der Waals surface area contributed by atoms with Gasteiger partial charge in [-0.25, -0.2) is 0 Å². The van der Waals surface area contributed by atoms with Gasteiger partial charge in [0.1, 0.15) is 6.10 Å². The molecule has 3 unspecified atom stereocenters. The van der Waals surface area contributed by atoms with Gasteiger partial charge in [0.05, 0.1) is 5.60 Å². The van der Waals surface area contributed by atoms with Crippen molar-refractivity contribution in [2.45, 2.75) is 45.8 Å². The molecule has 0 radical (unpaired) electrons. The first-order valence-corrected chi connectivity index (χ1v) is 5.96. The highest BCUT2D eigenvalue weighted by molar-refractivity contribution is 5.81. The number of hydrogen-bond acceptors (Lipinski definition) is 3. The summed E-state index contributed by atoms with van der Waals surface area (Å²) in [4.78, 5) is 11.8. The summed E-state index contributed by atoms with van der Waals surface area (Å²) < 4.78 is 5.36. The molecule has 1 rings (SSSR count). The summed E-state index contributed by atoms with van der Waals surface area (Å²) in [5.74, 6) is 0.268. The standard InChI is InChI=1S/C12H23NO3/c1-8(2)12(4,15)7-13-11(14)10-9(3)5-6-16-10/h8-10,15H,5-7H2,1-4H3,(H,13,14). The maximum atomic E-state index is 11.8. The van der Waals surface area contributed by atoms with E-state index in [4.69, 9.17) is 4.74 Å². The van der Waals surface area contributed by atoms with Crippen LogP contribution in [0.4, 0.5) is 0 Å². The normalized spacial score (nSPS) is 29.1. The molecule has 1 saturated heterocycles. The van der Waals surface area contributed by atoms with Gasteiger partial charge in [0.15, 0.2) is 0 Å². The largest absolute Gasteiger partial charge is 0.388 e. The van der Waals surface area contributed by atoms with Gasteiger partial charge in [0, 0.05) is 13.2 Å². The number of amides is 1. The van der Waals surface area contributed by atoms with Crippen molar-refractivity contribution in [1.29, 1.82) is 0 Å². The fourth-order valence-electron chi connectivity index (χ4n) is 1.60. The van der Waals surface area contributed by atoms with Crippen LogP contribution in [0.2, 0.25) is 0 Å². The molecular weight excluding hydrogens is 206 g/mol. The molecule has 1 aliphatic heterocycles. The van der Waals surface area contributed by atoms with Crippen LogP contribution < -0.4 is 5.32 Å². The van der Waals surface area contributed by atoms with E-state index in [1.54, 1.807) is 6.92 Å². The van der Waals surface area contributed by atoms with Crippen LogP contribution in [0.1, 0.15) is 34.1 Å². The third-order valence-corrected chi connectivity index (χ3v) is 3.51. The van der Waals surface area contributed by atoms with Crippen molar-refractivity contribution in [3.8, 4) is 0 Å². The zero-order valence-corrected chi connectivity index (χ0v) is 10.6. The molecule has 1 amide bonds. The molecule has 0 saturated carbocycles. The average molecular weight is 229 g/mol. The van der Waals surface area contributed by atoms with Crippen LogP contribution >= 0.6 is 0 Å². The monoisotopic (exact) mass is 229 g/mol. The van der Waals surface area contributed by atoms with Crippen LogP contribution in [0.3, 0.4) is 0 Å². The van der Waals surface area contributed by atoms with Gasteiger partial charge in [-0.2, -0.15) is 0 Å². The van der Waals surface area contributed by atoms with E-state index in [1.165, 1.54) is 0 Å². The van der Waals surface area contributed by atoms with Gasteiger partial charge in [-0.15, -0.1) is 0 Å². The lowest BCUT2D eigenvalue weighted by molar-refractivity contribution is -0.133. The Morgan fingerprint density at radius 2 is 2.25 bits per heavy atom. The number of hydrogen-bond donors (Lipinski definition) is 2. The number of nitrogens with one attached hydrogen (secondary N) is 1. The van der Waals surface area contributed by atoms with Crippen molar-refractivity contribution < 1.29 is 14.6 Å². The Morgan fingerprint density at radius 1 is 1.62 bits per heavy atom. The molecule has 16 heavy (non-hydrogen) atoms. The minimum absolute atomic E-state index is 0.106. The molecular formula is C12H23NO3. The second kappa shape index (κ2) is 5.15. The van der Waals surface area contributed by atoms with Crippen LogP contribution in [0.5, 0.6) is 0 Å². The highest BCUT2D eigenvalue weighted by Crippen LogP contribution is 2.20. The molecule has 1 aliphatic rings. The van der Waals surface area contributed by atoms with E-state index in [0.717, 1.165) is 6.42 Å². The summed E-state index contributed by atoms with van der Waals surface area (Å²) >= 11 is 0. The molecule has 0 spiro atoms. The smallest absolute Gasteiger partial charge is 0.249 e. The van der Waals surface area contributed by atoms with Gasteiger partial charge in [-0.3, -0.25) is 4.79 Å². The predicted octanol–water partition coefficient (Wildman–Crippen LogP) is 0.935. The van der Waals surface area contributed by atoms with Crippen molar-refractivity contribution in [3.63, 3.8) is 0 Å². The van der Waals surface area contributed by atoms with Crippen molar-refractivity contribution in [3.05, 3.63) is 0 Å². The van der Waals surface area contributed by atoms with E-state index in [-0.39, 0.29) is 30.4 Å². The Bertz CT molecular complexity index is 251. The lowest BCUT2D eigenvalue weighted by Gasteiger charge is -2.28. The quantitative estimate of drug-likeness (QED) is 0.754. The Labute approximate surface area is 97.4 Å². The lowest BCUT2D eigenvalue weighted by Crippen LogP contribution is -2.47. The summed E-state index contributed by atoms with van der Waals surface area (Å²) in [5, 5.41) is 12.8. The number of aliphatic hydroxyl groups is 1. The first-order chi connectivity index (χ1) is 7.34. The maximum absolute atomic E-state index is 11.8. The summed E-state index contributed by atoms with van der Waals surface area (Å²) in [6.45, 7) is 8.53. The Balaban J connectivity index is 2.41. The molecule has 0 aromatic rings. The van der Waals surface area contributed by atoms with Crippen LogP contribution in [0.15, 0.2) is 0 Å². The molecule has 0 aromatic heterocycles. The molecule has 0 bridgehead atoms. The second-order valence-electron chi connectivity index (χ2n) is 5.29. The summed E-state index contributed by atoms with van der Waals surface area (Å²) in [6, 6.07) is 0. The van der Waals surface area contributed by atoms with Crippen LogP contribution in [-0.4, -0.2) is 35.9 Å². The molecule has 1 fully saturated rings. The number of carbonyl (C=O) groups is 1. The van der Waals surface area contributed by atoms with E-state index < -0.39 is 5.60 Å². The molecule has 4 heteroatoms. The molecule has 1 heterocycles. The third kappa shape index (κ3) is 3.19. The van der Waals surface area contributed by atoms with E-state index in [0.29, 0.717) is 6.61 Å². The SMILES string of the molecule is CC1CCOC1C(=O)NCC(C)(O)C(C)C. The van der Waals surface area contributed by atoms with Crippen LogP contribution in [0.25, 0.3) is 0 Å². The van der Waals surface area contributed by atoms with Crippen molar-refractivity contribution in [2.75, 3.05) is 13.2 Å². The average Bonchev–Trinajstić information content (AvgIpc) is 2.61. The number of ether oxygens (including phenoxy) is 1. The van der Waals surface area contributed by atoms with Gasteiger partial charge in [-0.1, -0.05) is 20.8 Å². The topological polar surface area (TPSA) is 58.6 Å². The van der Waals surface area contributed by atoms with Crippen LogP contribution in [-0.2, 0) is 9.53 Å². The summed E-state index contributed by atoms with van der Waals surface area (Å²) in [5.41, 5.74) is -0.864. The Kier molecular flexibility index (Phi) is 4.33. The molecule has 94 valence electrons. The van der Waals surface area contributed by atoms with Gasteiger partial charge in [-0.05, 0) is 25.2 Å². The van der Waals surface area contributed by atoms with E-state index >= 15 is 0 Å². The second-order valence-corrected chi connectivity index (χ2v) is 5.29. The molecule has 4 nitrogen and oxygen atoms in total. The van der Waals surface area contributed by atoms with Gasteiger partial charge >= 0.3 is 0 Å². The zero-order valence-electron chi connectivity index (χ0n) is 10.6. The highest BCUT2D eigenvalue weighted by Gasteiger charge is 2.32. The fraction of sp³-hybridized carbons (Fsp3) is 0.917. The van der Waals surface area contributed by atoms with Crippen molar-refractivity contribution in [1.82, 2.24) is 5.32 Å². The minimum Gasteiger partial charge on any atom is -0.388 e. The minimum atomic E-state index is -0.864. The van der Waals surface area contributed by atoms with Crippen molar-refractivity contribution in [2.24, 2.45) is 11.8 Å².